The van der Waals surface area contributed by atoms with E-state index in [4.69, 9.17) is 9.47 Å². The van der Waals surface area contributed by atoms with Crippen molar-refractivity contribution >= 4 is 0 Å². The van der Waals surface area contributed by atoms with E-state index in [0.717, 1.165) is 18.7 Å². The summed E-state index contributed by atoms with van der Waals surface area (Å²) in [4.78, 5) is 0. The van der Waals surface area contributed by atoms with Gasteiger partial charge in [-0.25, -0.2) is 0 Å². The van der Waals surface area contributed by atoms with Gasteiger partial charge in [0.05, 0.1) is 0 Å². The standard InChI is InChI=1S/C16H23NO2/c1-12-18-16(2,19-12)15-7-3-5-14(11-15)13-6-4-9-17-10-8-13/h3,5,7,11-13,17H,4,6,8-10H2,1-2H3/t12?,13-,16?/m1/s1. The van der Waals surface area contributed by atoms with Crippen LogP contribution >= 0.6 is 0 Å². The molecule has 0 spiro atoms. The quantitative estimate of drug-likeness (QED) is 0.887. The Labute approximate surface area is 115 Å². The molecule has 0 radical (unpaired) electrons. The normalized spacial score (nSPS) is 35.5. The summed E-state index contributed by atoms with van der Waals surface area (Å²) in [5.74, 6) is 0.120. The van der Waals surface area contributed by atoms with Gasteiger partial charge in [-0.2, -0.15) is 0 Å². The lowest BCUT2D eigenvalue weighted by Gasteiger charge is -2.44. The Morgan fingerprint density at radius 1 is 1.21 bits per heavy atom. The second-order valence-corrected chi connectivity index (χ2v) is 5.75. The van der Waals surface area contributed by atoms with Gasteiger partial charge in [-0.1, -0.05) is 24.3 Å². The van der Waals surface area contributed by atoms with Crippen LogP contribution in [-0.4, -0.2) is 19.4 Å². The Morgan fingerprint density at radius 3 is 2.84 bits per heavy atom. The van der Waals surface area contributed by atoms with Crippen molar-refractivity contribution in [3.8, 4) is 0 Å². The third kappa shape index (κ3) is 2.69. The van der Waals surface area contributed by atoms with Crippen LogP contribution in [0.1, 0.15) is 50.2 Å². The summed E-state index contributed by atoms with van der Waals surface area (Å²) in [5, 5.41) is 3.47. The number of hydrogen-bond donors (Lipinski definition) is 1. The molecule has 1 aromatic rings. The van der Waals surface area contributed by atoms with Crippen LogP contribution in [0.4, 0.5) is 0 Å². The van der Waals surface area contributed by atoms with Crippen molar-refractivity contribution in [3.05, 3.63) is 35.4 Å². The Balaban J connectivity index is 1.79. The van der Waals surface area contributed by atoms with Crippen molar-refractivity contribution in [2.45, 2.75) is 51.1 Å². The Morgan fingerprint density at radius 2 is 2.05 bits per heavy atom. The molecule has 2 saturated heterocycles. The molecule has 3 nitrogen and oxygen atoms in total. The van der Waals surface area contributed by atoms with Crippen LogP contribution in [0.3, 0.4) is 0 Å². The Kier molecular flexibility index (Phi) is 3.61. The molecule has 19 heavy (non-hydrogen) atoms. The Bertz CT molecular complexity index is 432. The van der Waals surface area contributed by atoms with E-state index in [1.54, 1.807) is 0 Å². The SMILES string of the molecule is CC1OC(C)(c2cccc([C@@H]3CCCNCC3)c2)O1. The topological polar surface area (TPSA) is 30.5 Å². The van der Waals surface area contributed by atoms with Crippen molar-refractivity contribution in [3.63, 3.8) is 0 Å². The van der Waals surface area contributed by atoms with E-state index in [-0.39, 0.29) is 6.29 Å². The average Bonchev–Trinajstić information content (AvgIpc) is 2.66. The molecule has 2 fully saturated rings. The highest BCUT2D eigenvalue weighted by atomic mass is 16.9. The van der Waals surface area contributed by atoms with E-state index in [0.29, 0.717) is 5.92 Å². The lowest BCUT2D eigenvalue weighted by Crippen LogP contribution is -2.47. The van der Waals surface area contributed by atoms with Gasteiger partial charge in [0, 0.05) is 5.56 Å². The lowest BCUT2D eigenvalue weighted by molar-refractivity contribution is -0.448. The minimum atomic E-state index is -0.543. The molecule has 1 aromatic carbocycles. The largest absolute Gasteiger partial charge is 0.317 e. The maximum absolute atomic E-state index is 5.75. The maximum Gasteiger partial charge on any atom is 0.197 e. The molecule has 0 bridgehead atoms. The van der Waals surface area contributed by atoms with Gasteiger partial charge in [-0.15, -0.1) is 0 Å². The van der Waals surface area contributed by atoms with Gasteiger partial charge in [0.1, 0.15) is 0 Å². The zero-order valence-corrected chi connectivity index (χ0v) is 11.8. The van der Waals surface area contributed by atoms with Crippen LogP contribution in [0.2, 0.25) is 0 Å². The summed E-state index contributed by atoms with van der Waals surface area (Å²) >= 11 is 0. The highest BCUT2D eigenvalue weighted by Gasteiger charge is 2.42. The second kappa shape index (κ2) is 5.23. The first-order chi connectivity index (χ1) is 9.17. The average molecular weight is 261 g/mol. The predicted molar refractivity (Wildman–Crippen MR) is 74.9 cm³/mol. The highest BCUT2D eigenvalue weighted by molar-refractivity contribution is 5.30. The monoisotopic (exact) mass is 261 g/mol. The van der Waals surface area contributed by atoms with Crippen LogP contribution in [0, 0.1) is 0 Å². The van der Waals surface area contributed by atoms with Gasteiger partial charge >= 0.3 is 0 Å². The van der Waals surface area contributed by atoms with E-state index < -0.39 is 5.79 Å². The summed E-state index contributed by atoms with van der Waals surface area (Å²) < 4.78 is 11.5. The maximum atomic E-state index is 5.75. The van der Waals surface area contributed by atoms with E-state index in [9.17, 15) is 0 Å². The lowest BCUT2D eigenvalue weighted by atomic mass is 9.89. The molecular formula is C16H23NO2. The van der Waals surface area contributed by atoms with Crippen molar-refractivity contribution in [2.24, 2.45) is 0 Å². The van der Waals surface area contributed by atoms with Gasteiger partial charge < -0.3 is 14.8 Å². The minimum absolute atomic E-state index is 0.0873. The molecule has 0 aromatic heterocycles. The first-order valence-corrected chi connectivity index (χ1v) is 7.34. The molecule has 0 saturated carbocycles. The summed E-state index contributed by atoms with van der Waals surface area (Å²) in [6, 6.07) is 8.74. The van der Waals surface area contributed by atoms with Gasteiger partial charge in [-0.3, -0.25) is 0 Å². The summed E-state index contributed by atoms with van der Waals surface area (Å²) in [7, 11) is 0. The number of rotatable bonds is 2. The smallest absolute Gasteiger partial charge is 0.197 e. The molecule has 1 N–H and O–H groups in total. The van der Waals surface area contributed by atoms with Crippen molar-refractivity contribution < 1.29 is 9.47 Å². The summed E-state index contributed by atoms with van der Waals surface area (Å²) in [6.07, 6.45) is 3.66. The van der Waals surface area contributed by atoms with Crippen molar-refractivity contribution in [2.75, 3.05) is 13.1 Å². The zero-order valence-electron chi connectivity index (χ0n) is 11.8. The van der Waals surface area contributed by atoms with E-state index in [1.165, 1.54) is 24.8 Å². The highest BCUT2D eigenvalue weighted by Crippen LogP contribution is 2.39. The molecule has 3 rings (SSSR count). The molecule has 104 valence electrons. The van der Waals surface area contributed by atoms with Gasteiger partial charge in [0.15, 0.2) is 12.1 Å². The predicted octanol–water partition coefficient (Wildman–Crippen LogP) is 3.11. The van der Waals surface area contributed by atoms with E-state index in [2.05, 4.69) is 29.6 Å². The molecule has 2 aliphatic rings. The summed E-state index contributed by atoms with van der Waals surface area (Å²) in [6.45, 7) is 6.21. The van der Waals surface area contributed by atoms with Crippen LogP contribution in [0.15, 0.2) is 24.3 Å². The molecule has 1 atom stereocenters. The molecule has 0 unspecified atom stereocenters. The van der Waals surface area contributed by atoms with Crippen LogP contribution in [-0.2, 0) is 15.3 Å². The van der Waals surface area contributed by atoms with Crippen LogP contribution in [0.5, 0.6) is 0 Å². The number of benzene rings is 1. The van der Waals surface area contributed by atoms with Crippen molar-refractivity contribution in [1.82, 2.24) is 5.32 Å². The van der Waals surface area contributed by atoms with Crippen LogP contribution in [0.25, 0.3) is 0 Å². The van der Waals surface area contributed by atoms with Crippen molar-refractivity contribution in [1.29, 1.82) is 0 Å². The molecule has 2 aliphatic heterocycles. The zero-order chi connectivity index (χ0) is 13.3. The fourth-order valence-corrected chi connectivity index (χ4v) is 3.21. The van der Waals surface area contributed by atoms with Crippen LogP contribution < -0.4 is 5.32 Å². The van der Waals surface area contributed by atoms with E-state index >= 15 is 0 Å². The second-order valence-electron chi connectivity index (χ2n) is 5.75. The number of ether oxygens (including phenoxy) is 2. The van der Waals surface area contributed by atoms with E-state index in [1.807, 2.05) is 13.8 Å². The molecular weight excluding hydrogens is 238 g/mol. The summed E-state index contributed by atoms with van der Waals surface area (Å²) in [5.41, 5.74) is 2.56. The fourth-order valence-electron chi connectivity index (χ4n) is 3.21. The molecule has 2 heterocycles. The fraction of sp³-hybridized carbons (Fsp3) is 0.625. The molecule has 0 aliphatic carbocycles. The molecule has 3 heteroatoms. The van der Waals surface area contributed by atoms with Gasteiger partial charge in [-0.05, 0) is 57.7 Å². The molecule has 0 amide bonds. The van der Waals surface area contributed by atoms with Gasteiger partial charge in [0.25, 0.3) is 0 Å². The number of hydrogen-bond acceptors (Lipinski definition) is 3. The first-order valence-electron chi connectivity index (χ1n) is 7.34. The number of nitrogens with one attached hydrogen (secondary N) is 1. The minimum Gasteiger partial charge on any atom is -0.317 e. The Hall–Kier alpha value is -0.900. The third-order valence-electron chi connectivity index (χ3n) is 4.24. The van der Waals surface area contributed by atoms with Gasteiger partial charge in [0.2, 0.25) is 0 Å². The first kappa shape index (κ1) is 13.1. The third-order valence-corrected chi connectivity index (χ3v) is 4.24.